The van der Waals surface area contributed by atoms with Crippen molar-refractivity contribution in [2.75, 3.05) is 38.1 Å². The molecule has 110 valence electrons. The number of anilines is 1. The molecule has 3 rings (SSSR count). The van der Waals surface area contributed by atoms with Crippen LogP contribution in [0.1, 0.15) is 19.0 Å². The summed E-state index contributed by atoms with van der Waals surface area (Å²) in [5, 5.41) is 7.74. The van der Waals surface area contributed by atoms with Gasteiger partial charge in [-0.2, -0.15) is 5.10 Å². The fraction of sp³-hybridized carbons (Fsp3) is 0.714. The maximum Gasteiger partial charge on any atom is 0.268 e. The number of nitrogens with one attached hydrogen (secondary N) is 1. The van der Waals surface area contributed by atoms with Gasteiger partial charge in [0.2, 0.25) is 0 Å². The Hall–Kier alpha value is -1.40. The minimum absolute atomic E-state index is 0.0460. The van der Waals surface area contributed by atoms with Crippen molar-refractivity contribution in [3.8, 4) is 0 Å². The molecule has 1 aromatic rings. The zero-order valence-electron chi connectivity index (χ0n) is 12.0. The van der Waals surface area contributed by atoms with Gasteiger partial charge in [-0.25, -0.2) is 4.68 Å². The highest BCUT2D eigenvalue weighted by Gasteiger charge is 2.21. The predicted molar refractivity (Wildman–Crippen MR) is 77.2 cm³/mol. The molecule has 2 aliphatic heterocycles. The van der Waals surface area contributed by atoms with E-state index in [1.807, 2.05) is 0 Å². The lowest BCUT2D eigenvalue weighted by molar-refractivity contribution is -0.0364. The van der Waals surface area contributed by atoms with Gasteiger partial charge in [-0.15, -0.1) is 0 Å². The standard InChI is InChI=1S/C14H22N4O2/c1-2-17-6-7-20-11(9-17)10-18-14(19)8-13-12(16-18)4-3-5-15-13/h8,11,15H,2-7,9-10H2,1H3. The summed E-state index contributed by atoms with van der Waals surface area (Å²) in [7, 11) is 0. The van der Waals surface area contributed by atoms with Crippen LogP contribution in [-0.2, 0) is 17.7 Å². The van der Waals surface area contributed by atoms with Crippen LogP contribution in [0.2, 0.25) is 0 Å². The highest BCUT2D eigenvalue weighted by Crippen LogP contribution is 2.17. The monoisotopic (exact) mass is 278 g/mol. The molecule has 3 heterocycles. The maximum atomic E-state index is 12.1. The number of likely N-dealkylation sites (N-methyl/N-ethyl adjacent to an activating group) is 1. The van der Waals surface area contributed by atoms with Crippen molar-refractivity contribution in [2.45, 2.75) is 32.4 Å². The average Bonchev–Trinajstić information content (AvgIpc) is 2.48. The first kappa shape index (κ1) is 13.6. The van der Waals surface area contributed by atoms with Gasteiger partial charge in [0.15, 0.2) is 0 Å². The van der Waals surface area contributed by atoms with E-state index >= 15 is 0 Å². The molecule has 0 saturated carbocycles. The van der Waals surface area contributed by atoms with Crippen molar-refractivity contribution in [3.63, 3.8) is 0 Å². The fourth-order valence-corrected chi connectivity index (χ4v) is 2.85. The van der Waals surface area contributed by atoms with Gasteiger partial charge in [0.05, 0.1) is 30.6 Å². The lowest BCUT2D eigenvalue weighted by atomic mass is 10.1. The maximum absolute atomic E-state index is 12.1. The molecule has 1 unspecified atom stereocenters. The summed E-state index contributed by atoms with van der Waals surface area (Å²) < 4.78 is 7.32. The molecule has 0 radical (unpaired) electrons. The molecule has 2 aliphatic rings. The van der Waals surface area contributed by atoms with Gasteiger partial charge >= 0.3 is 0 Å². The summed E-state index contributed by atoms with van der Waals surface area (Å²) >= 11 is 0. The normalized spacial score (nSPS) is 23.1. The van der Waals surface area contributed by atoms with Gasteiger partial charge in [-0.3, -0.25) is 9.69 Å². The SMILES string of the molecule is CCN1CCOC(Cn2nc3c(cc2=O)NCCC3)C1. The third-order valence-electron chi connectivity index (χ3n) is 4.03. The van der Waals surface area contributed by atoms with Crippen molar-refractivity contribution >= 4 is 5.69 Å². The second-order valence-electron chi connectivity index (χ2n) is 5.44. The molecule has 0 bridgehead atoms. The first-order valence-corrected chi connectivity index (χ1v) is 7.45. The molecule has 1 N–H and O–H groups in total. The van der Waals surface area contributed by atoms with Crippen LogP contribution in [0.3, 0.4) is 0 Å². The van der Waals surface area contributed by atoms with E-state index in [1.165, 1.54) is 0 Å². The molecule has 6 heteroatoms. The minimum atomic E-state index is -0.0460. The fourth-order valence-electron chi connectivity index (χ4n) is 2.85. The van der Waals surface area contributed by atoms with Crippen LogP contribution in [0.4, 0.5) is 5.69 Å². The third-order valence-corrected chi connectivity index (χ3v) is 4.03. The Morgan fingerprint density at radius 2 is 2.45 bits per heavy atom. The van der Waals surface area contributed by atoms with E-state index in [9.17, 15) is 4.79 Å². The first-order chi connectivity index (χ1) is 9.76. The molecule has 0 spiro atoms. The number of rotatable bonds is 3. The Balaban J connectivity index is 1.75. The average molecular weight is 278 g/mol. The van der Waals surface area contributed by atoms with Gasteiger partial charge < -0.3 is 10.1 Å². The van der Waals surface area contributed by atoms with Crippen LogP contribution in [-0.4, -0.2) is 53.6 Å². The third kappa shape index (κ3) is 2.86. The molecule has 0 aromatic carbocycles. The summed E-state index contributed by atoms with van der Waals surface area (Å²) in [5.41, 5.74) is 1.85. The summed E-state index contributed by atoms with van der Waals surface area (Å²) in [6.45, 7) is 7.23. The van der Waals surface area contributed by atoms with Crippen LogP contribution < -0.4 is 10.9 Å². The lowest BCUT2D eigenvalue weighted by Gasteiger charge is -2.32. The molecule has 1 aromatic heterocycles. The quantitative estimate of drug-likeness (QED) is 0.863. The van der Waals surface area contributed by atoms with E-state index in [2.05, 4.69) is 22.2 Å². The molecule has 6 nitrogen and oxygen atoms in total. The minimum Gasteiger partial charge on any atom is -0.383 e. The highest BCUT2D eigenvalue weighted by atomic mass is 16.5. The molecule has 0 amide bonds. The predicted octanol–water partition coefficient (Wildman–Crippen LogP) is 0.322. The van der Waals surface area contributed by atoms with Crippen LogP contribution >= 0.6 is 0 Å². The molecular formula is C14H22N4O2. The van der Waals surface area contributed by atoms with Gasteiger partial charge in [-0.1, -0.05) is 6.92 Å². The Labute approximate surface area is 118 Å². The van der Waals surface area contributed by atoms with E-state index < -0.39 is 0 Å². The molecule has 1 saturated heterocycles. The number of nitrogens with zero attached hydrogens (tertiary/aromatic N) is 3. The summed E-state index contributed by atoms with van der Waals surface area (Å²) in [4.78, 5) is 14.5. The number of aromatic nitrogens is 2. The Morgan fingerprint density at radius 3 is 3.30 bits per heavy atom. The van der Waals surface area contributed by atoms with E-state index in [0.29, 0.717) is 6.54 Å². The summed E-state index contributed by atoms with van der Waals surface area (Å²) in [6, 6.07) is 1.67. The summed E-state index contributed by atoms with van der Waals surface area (Å²) in [6.07, 6.45) is 2.07. The van der Waals surface area contributed by atoms with Crippen LogP contribution in [0.5, 0.6) is 0 Å². The van der Waals surface area contributed by atoms with E-state index in [1.54, 1.807) is 10.7 Å². The van der Waals surface area contributed by atoms with Crippen molar-refractivity contribution in [1.82, 2.24) is 14.7 Å². The smallest absolute Gasteiger partial charge is 0.268 e. The van der Waals surface area contributed by atoms with Crippen LogP contribution in [0.15, 0.2) is 10.9 Å². The zero-order valence-corrected chi connectivity index (χ0v) is 12.0. The number of hydrogen-bond donors (Lipinski definition) is 1. The molecule has 20 heavy (non-hydrogen) atoms. The van der Waals surface area contributed by atoms with Crippen molar-refractivity contribution in [1.29, 1.82) is 0 Å². The molecule has 1 atom stereocenters. The molecule has 0 aliphatic carbocycles. The topological polar surface area (TPSA) is 59.4 Å². The Morgan fingerprint density at radius 1 is 1.55 bits per heavy atom. The Bertz CT molecular complexity index is 528. The van der Waals surface area contributed by atoms with Crippen LogP contribution in [0.25, 0.3) is 0 Å². The Kier molecular flexibility index (Phi) is 4.03. The van der Waals surface area contributed by atoms with Crippen molar-refractivity contribution in [2.24, 2.45) is 0 Å². The van der Waals surface area contributed by atoms with Crippen LogP contribution in [0, 0.1) is 0 Å². The van der Waals surface area contributed by atoms with Crippen molar-refractivity contribution < 1.29 is 4.74 Å². The lowest BCUT2D eigenvalue weighted by Crippen LogP contribution is -2.45. The number of hydrogen-bond acceptors (Lipinski definition) is 5. The number of fused-ring (bicyclic) bond motifs is 1. The second kappa shape index (κ2) is 5.93. The first-order valence-electron chi connectivity index (χ1n) is 7.45. The second-order valence-corrected chi connectivity index (χ2v) is 5.44. The van der Waals surface area contributed by atoms with Gasteiger partial charge in [-0.05, 0) is 19.4 Å². The van der Waals surface area contributed by atoms with E-state index in [0.717, 1.165) is 57.0 Å². The van der Waals surface area contributed by atoms with Crippen molar-refractivity contribution in [3.05, 3.63) is 22.1 Å². The van der Waals surface area contributed by atoms with Gasteiger partial charge in [0, 0.05) is 25.7 Å². The van der Waals surface area contributed by atoms with E-state index in [-0.39, 0.29) is 11.7 Å². The zero-order chi connectivity index (χ0) is 13.9. The number of morpholine rings is 1. The molecular weight excluding hydrogens is 256 g/mol. The van der Waals surface area contributed by atoms with E-state index in [4.69, 9.17) is 4.74 Å². The summed E-state index contributed by atoms with van der Waals surface area (Å²) in [5.74, 6) is 0. The van der Waals surface area contributed by atoms with Gasteiger partial charge in [0.1, 0.15) is 0 Å². The number of ether oxygens (including phenoxy) is 1. The molecule has 1 fully saturated rings. The largest absolute Gasteiger partial charge is 0.383 e. The van der Waals surface area contributed by atoms with Gasteiger partial charge in [0.25, 0.3) is 5.56 Å². The highest BCUT2D eigenvalue weighted by molar-refractivity contribution is 5.48. The number of aryl methyl sites for hydroxylation is 1.